The molecule has 0 amide bonds. The summed E-state index contributed by atoms with van der Waals surface area (Å²) < 4.78 is 1.81. The van der Waals surface area contributed by atoms with Crippen LogP contribution in [-0.4, -0.2) is 25.6 Å². The van der Waals surface area contributed by atoms with Crippen LogP contribution >= 0.6 is 11.8 Å². The lowest BCUT2D eigenvalue weighted by Crippen LogP contribution is -1.96. The lowest BCUT2D eigenvalue weighted by molar-refractivity contribution is 0.813. The zero-order chi connectivity index (χ0) is 16.4. The van der Waals surface area contributed by atoms with Gasteiger partial charge in [0.25, 0.3) is 0 Å². The summed E-state index contributed by atoms with van der Waals surface area (Å²) in [6, 6.07) is 22.8. The van der Waals surface area contributed by atoms with Gasteiger partial charge in [-0.3, -0.25) is 0 Å². The topological polar surface area (TPSA) is 43.1 Å². The molecule has 4 aromatic rings. The maximum Gasteiger partial charge on any atom is 0.212 e. The Bertz CT molecular complexity index is 962. The van der Waals surface area contributed by atoms with Gasteiger partial charge in [-0.1, -0.05) is 73.3 Å². The number of thioether (sulfide) groups is 1. The van der Waals surface area contributed by atoms with Crippen molar-refractivity contribution in [3.8, 4) is 22.4 Å². The molecule has 4 rings (SSSR count). The molecule has 0 unspecified atom stereocenters. The van der Waals surface area contributed by atoms with Gasteiger partial charge in [-0.05, 0) is 29.0 Å². The first-order chi connectivity index (χ1) is 11.8. The molecule has 0 aliphatic heterocycles. The molecule has 0 atom stereocenters. The van der Waals surface area contributed by atoms with E-state index in [1.165, 1.54) is 11.1 Å². The number of nitrogens with zero attached hydrogens (tertiary/aromatic N) is 4. The van der Waals surface area contributed by atoms with Crippen LogP contribution in [0, 0.1) is 0 Å². The zero-order valence-corrected chi connectivity index (χ0v) is 14.1. The van der Waals surface area contributed by atoms with Gasteiger partial charge in [0.15, 0.2) is 5.65 Å². The first-order valence-electron chi connectivity index (χ1n) is 7.86. The van der Waals surface area contributed by atoms with Crippen LogP contribution in [0.1, 0.15) is 6.92 Å². The predicted molar refractivity (Wildman–Crippen MR) is 98.1 cm³/mol. The Balaban J connectivity index is 1.70. The summed E-state index contributed by atoms with van der Waals surface area (Å²) in [6.45, 7) is 2.10. The molecule has 0 saturated heterocycles. The van der Waals surface area contributed by atoms with Crippen molar-refractivity contribution in [2.24, 2.45) is 0 Å². The van der Waals surface area contributed by atoms with Crippen molar-refractivity contribution < 1.29 is 0 Å². The van der Waals surface area contributed by atoms with Crippen molar-refractivity contribution in [3.63, 3.8) is 0 Å². The number of hydrogen-bond donors (Lipinski definition) is 0. The Morgan fingerprint density at radius 2 is 1.50 bits per heavy atom. The molecule has 0 fully saturated rings. The molecule has 2 aromatic carbocycles. The molecule has 2 aromatic heterocycles. The molecule has 4 nitrogen and oxygen atoms in total. The monoisotopic (exact) mass is 332 g/mol. The molecule has 118 valence electrons. The second-order valence-corrected chi connectivity index (χ2v) is 6.58. The van der Waals surface area contributed by atoms with E-state index in [2.05, 4.69) is 65.7 Å². The average Bonchev–Trinajstić information content (AvgIpc) is 3.05. The maximum absolute atomic E-state index is 4.70. The van der Waals surface area contributed by atoms with Gasteiger partial charge < -0.3 is 0 Å². The maximum atomic E-state index is 4.70. The fourth-order valence-electron chi connectivity index (χ4n) is 2.61. The second-order valence-electron chi connectivity index (χ2n) is 5.35. The first kappa shape index (κ1) is 14.9. The van der Waals surface area contributed by atoms with Gasteiger partial charge in [-0.25, -0.2) is 0 Å². The Hall–Kier alpha value is -2.66. The van der Waals surface area contributed by atoms with E-state index in [9.17, 15) is 0 Å². The second kappa shape index (κ2) is 6.45. The first-order valence-corrected chi connectivity index (χ1v) is 8.85. The van der Waals surface area contributed by atoms with E-state index in [1.807, 2.05) is 22.7 Å². The summed E-state index contributed by atoms with van der Waals surface area (Å²) in [6.07, 6.45) is 0. The van der Waals surface area contributed by atoms with Crippen molar-refractivity contribution in [2.45, 2.75) is 12.1 Å². The van der Waals surface area contributed by atoms with Crippen molar-refractivity contribution in [2.75, 3.05) is 5.75 Å². The molecule has 0 N–H and O–H groups in total. The highest BCUT2D eigenvalue weighted by atomic mass is 32.2. The van der Waals surface area contributed by atoms with E-state index >= 15 is 0 Å². The summed E-state index contributed by atoms with van der Waals surface area (Å²) in [5.41, 5.74) is 5.19. The van der Waals surface area contributed by atoms with Crippen LogP contribution < -0.4 is 0 Å². The smallest absolute Gasteiger partial charge is 0.187 e. The fraction of sp³-hybridized carbons (Fsp3) is 0.105. The molecule has 0 spiro atoms. The highest BCUT2D eigenvalue weighted by molar-refractivity contribution is 7.99. The van der Waals surface area contributed by atoms with Gasteiger partial charge in [-0.2, -0.15) is 9.61 Å². The molecule has 24 heavy (non-hydrogen) atoms. The van der Waals surface area contributed by atoms with Gasteiger partial charge in [0.2, 0.25) is 5.16 Å². The number of rotatable bonds is 4. The number of hydrogen-bond acceptors (Lipinski definition) is 4. The minimum Gasteiger partial charge on any atom is -0.187 e. The number of aromatic nitrogens is 4. The molecule has 0 radical (unpaired) electrons. The molecule has 2 heterocycles. The molecular weight excluding hydrogens is 316 g/mol. The Morgan fingerprint density at radius 3 is 2.25 bits per heavy atom. The zero-order valence-electron chi connectivity index (χ0n) is 13.3. The molecule has 0 saturated carbocycles. The van der Waals surface area contributed by atoms with E-state index in [0.29, 0.717) is 0 Å². The van der Waals surface area contributed by atoms with Crippen LogP contribution in [0.15, 0.2) is 71.9 Å². The summed E-state index contributed by atoms with van der Waals surface area (Å²) >= 11 is 1.64. The molecule has 5 heteroatoms. The minimum absolute atomic E-state index is 0.774. The lowest BCUT2D eigenvalue weighted by Gasteiger charge is -2.05. The standard InChI is InChI=1S/C19H16N4S/c1-2-24-19-21-20-18-13-12-17(22-23(18)19)16-10-8-15(9-11-16)14-6-4-3-5-7-14/h3-13H,2H2,1H3. The summed E-state index contributed by atoms with van der Waals surface area (Å²) in [5.74, 6) is 0.943. The third-order valence-electron chi connectivity index (χ3n) is 3.80. The molecule has 0 bridgehead atoms. The highest BCUT2D eigenvalue weighted by Gasteiger charge is 2.08. The van der Waals surface area contributed by atoms with Crippen LogP contribution in [0.25, 0.3) is 28.0 Å². The van der Waals surface area contributed by atoms with Gasteiger partial charge in [0.1, 0.15) is 0 Å². The van der Waals surface area contributed by atoms with Gasteiger partial charge >= 0.3 is 0 Å². The van der Waals surface area contributed by atoms with Gasteiger partial charge in [0, 0.05) is 5.56 Å². The van der Waals surface area contributed by atoms with Crippen molar-refractivity contribution >= 4 is 17.4 Å². The Morgan fingerprint density at radius 1 is 0.792 bits per heavy atom. The molecular formula is C19H16N4S. The molecule has 0 aliphatic carbocycles. The van der Waals surface area contributed by atoms with Crippen molar-refractivity contribution in [1.29, 1.82) is 0 Å². The minimum atomic E-state index is 0.774. The van der Waals surface area contributed by atoms with Crippen LogP contribution in [0.5, 0.6) is 0 Å². The largest absolute Gasteiger partial charge is 0.212 e. The molecule has 0 aliphatic rings. The summed E-state index contributed by atoms with van der Waals surface area (Å²) in [5, 5.41) is 13.9. The van der Waals surface area contributed by atoms with Crippen LogP contribution in [-0.2, 0) is 0 Å². The van der Waals surface area contributed by atoms with E-state index in [0.717, 1.165) is 27.8 Å². The van der Waals surface area contributed by atoms with E-state index in [4.69, 9.17) is 5.10 Å². The highest BCUT2D eigenvalue weighted by Crippen LogP contribution is 2.24. The van der Waals surface area contributed by atoms with Crippen molar-refractivity contribution in [3.05, 3.63) is 66.7 Å². The number of benzene rings is 2. The summed E-state index contributed by atoms with van der Waals surface area (Å²) in [7, 11) is 0. The average molecular weight is 332 g/mol. The van der Waals surface area contributed by atoms with Crippen LogP contribution in [0.4, 0.5) is 0 Å². The Kier molecular flexibility index (Phi) is 4.01. The van der Waals surface area contributed by atoms with Gasteiger partial charge in [0.05, 0.1) is 5.69 Å². The van der Waals surface area contributed by atoms with E-state index < -0.39 is 0 Å². The fourth-order valence-corrected chi connectivity index (χ4v) is 3.22. The number of fused-ring (bicyclic) bond motifs is 1. The SMILES string of the molecule is CCSc1nnc2ccc(-c3ccc(-c4ccccc4)cc3)nn12. The Labute approximate surface area is 144 Å². The van der Waals surface area contributed by atoms with Crippen LogP contribution in [0.2, 0.25) is 0 Å². The van der Waals surface area contributed by atoms with E-state index in [-0.39, 0.29) is 0 Å². The third kappa shape index (κ3) is 2.78. The van der Waals surface area contributed by atoms with Crippen molar-refractivity contribution in [1.82, 2.24) is 19.8 Å². The van der Waals surface area contributed by atoms with Crippen LogP contribution in [0.3, 0.4) is 0 Å². The normalized spacial score (nSPS) is 11.0. The quantitative estimate of drug-likeness (QED) is 0.513. The predicted octanol–water partition coefficient (Wildman–Crippen LogP) is 4.57. The van der Waals surface area contributed by atoms with Gasteiger partial charge in [-0.15, -0.1) is 10.2 Å². The van der Waals surface area contributed by atoms with E-state index in [1.54, 1.807) is 11.8 Å². The summed E-state index contributed by atoms with van der Waals surface area (Å²) in [4.78, 5) is 0. The lowest BCUT2D eigenvalue weighted by atomic mass is 10.0. The third-order valence-corrected chi connectivity index (χ3v) is 4.60.